The van der Waals surface area contributed by atoms with Gasteiger partial charge in [-0.15, -0.1) is 0 Å². The van der Waals surface area contributed by atoms with Crippen LogP contribution in [0.15, 0.2) is 35.3 Å². The van der Waals surface area contributed by atoms with Crippen LogP contribution >= 0.6 is 0 Å². The van der Waals surface area contributed by atoms with E-state index in [9.17, 15) is 14.7 Å². The molecule has 3 aliphatic carbocycles. The maximum Gasteiger partial charge on any atom is 0.345 e. The molecule has 0 radical (unpaired) electrons. The van der Waals surface area contributed by atoms with Crippen molar-refractivity contribution in [2.75, 3.05) is 6.61 Å². The van der Waals surface area contributed by atoms with E-state index in [1.165, 1.54) is 0 Å². The first kappa shape index (κ1) is 19.1. The summed E-state index contributed by atoms with van der Waals surface area (Å²) in [5.41, 5.74) is -1.89. The second-order valence-corrected chi connectivity index (χ2v) is 8.87. The molecule has 6 nitrogen and oxygen atoms in total. The fourth-order valence-electron chi connectivity index (χ4n) is 5.30. The van der Waals surface area contributed by atoms with E-state index in [4.69, 9.17) is 9.47 Å². The first-order valence-electron chi connectivity index (χ1n) is 9.90. The summed E-state index contributed by atoms with van der Waals surface area (Å²) in [6, 6.07) is 6.98. The third-order valence-electron chi connectivity index (χ3n) is 7.17. The van der Waals surface area contributed by atoms with Crippen molar-refractivity contribution in [2.45, 2.75) is 57.8 Å². The van der Waals surface area contributed by atoms with Crippen molar-refractivity contribution in [3.05, 3.63) is 35.9 Å². The fraction of sp³-hybridized carbons (Fsp3) is 0.591. The molecule has 1 heterocycles. The van der Waals surface area contributed by atoms with Crippen molar-refractivity contribution >= 4 is 17.7 Å². The Morgan fingerprint density at radius 1 is 1.32 bits per heavy atom. The number of hydrogen-bond acceptors (Lipinski definition) is 6. The molecule has 28 heavy (non-hydrogen) atoms. The number of aliphatic hydroxyl groups is 1. The van der Waals surface area contributed by atoms with E-state index >= 15 is 0 Å². The monoisotopic (exact) mass is 385 g/mol. The van der Waals surface area contributed by atoms with E-state index in [-0.39, 0.29) is 23.5 Å². The standard InChI is InChI=1S/C22H27NO5/c1-5-27-19(25)22(26,13-9-7-6-8-10-13)17-18(24)28-21(4)15-11-14(20(15,2)3)12-16(21)23-17/h6-10,14-15,17,26H,5,11-12H2,1-4H3/t14-,15-,17+,21+,22-/m0/s1. The van der Waals surface area contributed by atoms with Gasteiger partial charge in [-0.1, -0.05) is 44.2 Å². The number of ether oxygens (including phenoxy) is 2. The zero-order chi connectivity index (χ0) is 20.3. The molecule has 150 valence electrons. The molecule has 3 saturated carbocycles. The topological polar surface area (TPSA) is 85.2 Å². The Hall–Kier alpha value is -2.21. The number of hydrogen-bond donors (Lipinski definition) is 1. The zero-order valence-electron chi connectivity index (χ0n) is 16.8. The van der Waals surface area contributed by atoms with E-state index in [0.717, 1.165) is 12.1 Å². The number of carbonyl (C=O) groups excluding carboxylic acids is 2. The van der Waals surface area contributed by atoms with Gasteiger partial charge in [-0.25, -0.2) is 9.59 Å². The van der Waals surface area contributed by atoms with Crippen molar-refractivity contribution in [1.82, 2.24) is 0 Å². The number of esters is 2. The Balaban J connectivity index is 1.79. The normalized spacial score (nSPS) is 34.8. The average Bonchev–Trinajstić information content (AvgIpc) is 2.66. The number of rotatable bonds is 4. The van der Waals surface area contributed by atoms with Gasteiger partial charge in [0.1, 0.15) is 0 Å². The maximum absolute atomic E-state index is 13.1. The van der Waals surface area contributed by atoms with Crippen LogP contribution in [-0.4, -0.2) is 41.0 Å². The number of benzene rings is 1. The van der Waals surface area contributed by atoms with Crippen LogP contribution in [-0.2, 0) is 24.7 Å². The van der Waals surface area contributed by atoms with Gasteiger partial charge in [-0.05, 0) is 43.6 Å². The summed E-state index contributed by atoms with van der Waals surface area (Å²) in [4.78, 5) is 30.5. The fourth-order valence-corrected chi connectivity index (χ4v) is 5.30. The second-order valence-electron chi connectivity index (χ2n) is 8.87. The van der Waals surface area contributed by atoms with E-state index in [0.29, 0.717) is 12.3 Å². The molecule has 6 heteroatoms. The molecule has 1 aromatic carbocycles. The molecule has 5 rings (SSSR count). The van der Waals surface area contributed by atoms with E-state index in [1.807, 2.05) is 6.92 Å². The Morgan fingerprint density at radius 2 is 2.00 bits per heavy atom. The van der Waals surface area contributed by atoms with Crippen molar-refractivity contribution in [3.63, 3.8) is 0 Å². The second kappa shape index (κ2) is 6.14. The van der Waals surface area contributed by atoms with Crippen LogP contribution in [0, 0.1) is 17.3 Å². The quantitative estimate of drug-likeness (QED) is 0.806. The van der Waals surface area contributed by atoms with Gasteiger partial charge in [0.2, 0.25) is 5.60 Å². The zero-order valence-corrected chi connectivity index (χ0v) is 16.8. The highest BCUT2D eigenvalue weighted by Crippen LogP contribution is 2.63. The smallest absolute Gasteiger partial charge is 0.345 e. The minimum atomic E-state index is -2.22. The lowest BCUT2D eigenvalue weighted by Gasteiger charge is -2.64. The van der Waals surface area contributed by atoms with Crippen molar-refractivity contribution < 1.29 is 24.2 Å². The Labute approximate surface area is 164 Å². The van der Waals surface area contributed by atoms with Gasteiger partial charge >= 0.3 is 11.9 Å². The van der Waals surface area contributed by atoms with E-state index < -0.39 is 29.2 Å². The molecule has 3 fully saturated rings. The van der Waals surface area contributed by atoms with Crippen molar-refractivity contribution in [1.29, 1.82) is 0 Å². The van der Waals surface area contributed by atoms with E-state index in [1.54, 1.807) is 37.3 Å². The van der Waals surface area contributed by atoms with Crippen molar-refractivity contribution in [3.8, 4) is 0 Å². The minimum absolute atomic E-state index is 0.0811. The number of carbonyl (C=O) groups is 2. The van der Waals surface area contributed by atoms with Crippen molar-refractivity contribution in [2.24, 2.45) is 22.2 Å². The molecular formula is C22H27NO5. The van der Waals surface area contributed by atoms with Gasteiger partial charge in [-0.2, -0.15) is 0 Å². The third-order valence-corrected chi connectivity index (χ3v) is 7.17. The molecule has 1 N–H and O–H groups in total. The molecule has 2 bridgehead atoms. The summed E-state index contributed by atoms with van der Waals surface area (Å²) in [5.74, 6) is -0.923. The molecule has 0 aromatic heterocycles. The molecule has 5 atom stereocenters. The highest BCUT2D eigenvalue weighted by atomic mass is 16.6. The molecule has 0 amide bonds. The number of nitrogens with zero attached hydrogens (tertiary/aromatic N) is 1. The van der Waals surface area contributed by atoms with Gasteiger partial charge < -0.3 is 14.6 Å². The van der Waals surface area contributed by atoms with Crippen LogP contribution in [0.25, 0.3) is 0 Å². The van der Waals surface area contributed by atoms with Crippen LogP contribution in [0.1, 0.15) is 46.1 Å². The van der Waals surface area contributed by atoms with Crippen LogP contribution in [0.4, 0.5) is 0 Å². The minimum Gasteiger partial charge on any atom is -0.464 e. The van der Waals surface area contributed by atoms with Gasteiger partial charge in [0.15, 0.2) is 11.6 Å². The molecule has 0 unspecified atom stereocenters. The lowest BCUT2D eigenvalue weighted by atomic mass is 9.43. The van der Waals surface area contributed by atoms with Crippen LogP contribution in [0.2, 0.25) is 0 Å². The van der Waals surface area contributed by atoms with Crippen LogP contribution < -0.4 is 0 Å². The first-order valence-corrected chi connectivity index (χ1v) is 9.90. The summed E-state index contributed by atoms with van der Waals surface area (Å²) < 4.78 is 11.1. The summed E-state index contributed by atoms with van der Waals surface area (Å²) in [5, 5.41) is 11.4. The predicted octanol–water partition coefficient (Wildman–Crippen LogP) is 2.63. The molecule has 4 aliphatic rings. The molecule has 0 spiro atoms. The SMILES string of the molecule is CCOC(=O)[C@](O)(c1ccccc1)[C@@H]1N=C2C[C@@H]3C[C@@H](C3(C)C)[C@@]2(C)OC1=O. The van der Waals surface area contributed by atoms with Gasteiger partial charge in [-0.3, -0.25) is 4.99 Å². The Morgan fingerprint density at radius 3 is 2.61 bits per heavy atom. The maximum atomic E-state index is 13.1. The Bertz CT molecular complexity index is 848. The highest BCUT2D eigenvalue weighted by Gasteiger charge is 2.67. The first-order chi connectivity index (χ1) is 13.2. The summed E-state index contributed by atoms with van der Waals surface area (Å²) in [6.07, 6.45) is 1.71. The summed E-state index contributed by atoms with van der Waals surface area (Å²) >= 11 is 0. The third kappa shape index (κ3) is 2.40. The predicted molar refractivity (Wildman–Crippen MR) is 103 cm³/mol. The average molecular weight is 385 g/mol. The molecule has 1 aromatic rings. The van der Waals surface area contributed by atoms with Gasteiger partial charge in [0, 0.05) is 5.92 Å². The molecule has 0 saturated heterocycles. The molecule has 1 aliphatic heterocycles. The number of aliphatic imine (C=N–C) groups is 1. The Kier molecular flexibility index (Phi) is 4.20. The summed E-state index contributed by atoms with van der Waals surface area (Å²) in [6.45, 7) is 8.05. The lowest BCUT2D eigenvalue weighted by molar-refractivity contribution is -0.199. The lowest BCUT2D eigenvalue weighted by Crippen LogP contribution is -2.69. The van der Waals surface area contributed by atoms with E-state index in [2.05, 4.69) is 18.8 Å². The van der Waals surface area contributed by atoms with Crippen LogP contribution in [0.3, 0.4) is 0 Å². The van der Waals surface area contributed by atoms with Crippen LogP contribution in [0.5, 0.6) is 0 Å². The highest BCUT2D eigenvalue weighted by molar-refractivity contribution is 6.03. The largest absolute Gasteiger partial charge is 0.464 e. The van der Waals surface area contributed by atoms with Gasteiger partial charge in [0.05, 0.1) is 12.3 Å². The van der Waals surface area contributed by atoms with Gasteiger partial charge in [0.25, 0.3) is 0 Å². The summed E-state index contributed by atoms with van der Waals surface area (Å²) in [7, 11) is 0. The molecular weight excluding hydrogens is 358 g/mol.